The van der Waals surface area contributed by atoms with Gasteiger partial charge in [0.05, 0.1) is 0 Å². The van der Waals surface area contributed by atoms with Gasteiger partial charge in [0, 0.05) is 61.1 Å². The summed E-state index contributed by atoms with van der Waals surface area (Å²) in [5.41, 5.74) is 4.92. The van der Waals surface area contributed by atoms with Gasteiger partial charge in [-0.05, 0) is 61.7 Å². The first-order valence-corrected chi connectivity index (χ1v) is 9.49. The molecular weight excluding hydrogens is 346 g/mol. The Balaban J connectivity index is 1.78. The van der Waals surface area contributed by atoms with Gasteiger partial charge < -0.3 is 5.32 Å². The number of halogens is 1. The fourth-order valence-corrected chi connectivity index (χ4v) is 3.71. The van der Waals surface area contributed by atoms with Crippen LogP contribution in [-0.4, -0.2) is 41.3 Å². The number of aryl methyl sites for hydroxylation is 1. The first-order chi connectivity index (χ1) is 12.4. The van der Waals surface area contributed by atoms with E-state index < -0.39 is 0 Å². The Kier molecular flexibility index (Phi) is 6.07. The van der Waals surface area contributed by atoms with E-state index in [-0.39, 0.29) is 5.78 Å². The number of hydrogen-bond donors (Lipinski definition) is 1. The second-order valence-corrected chi connectivity index (χ2v) is 7.66. The van der Waals surface area contributed by atoms with Crippen molar-refractivity contribution in [1.29, 1.82) is 0 Å². The van der Waals surface area contributed by atoms with Gasteiger partial charge in [0.2, 0.25) is 0 Å². The molecule has 0 amide bonds. The molecule has 1 saturated heterocycles. The number of rotatable bonds is 5. The summed E-state index contributed by atoms with van der Waals surface area (Å²) in [4.78, 5) is 19.3. The maximum Gasteiger partial charge on any atom is 0.168 e. The number of hydrogen-bond acceptors (Lipinski definition) is 4. The number of aromatic nitrogens is 1. The molecule has 4 nitrogen and oxygen atoms in total. The second kappa shape index (κ2) is 8.30. The standard InChI is InChI=1S/C21H26ClN3O/c1-14-4-5-17(11-24-14)21(26)10-18-8-20(22)9-19(16(18)3)13-25-7-6-23-15(2)12-25/h4-5,8-9,11,15,23H,6-7,10,12-13H2,1-3H3/t15-/m0/s1. The summed E-state index contributed by atoms with van der Waals surface area (Å²) in [6.45, 7) is 10.1. The largest absolute Gasteiger partial charge is 0.312 e. The van der Waals surface area contributed by atoms with E-state index in [1.54, 1.807) is 6.20 Å². The van der Waals surface area contributed by atoms with Gasteiger partial charge >= 0.3 is 0 Å². The van der Waals surface area contributed by atoms with Crippen molar-refractivity contribution in [3.05, 3.63) is 63.4 Å². The highest BCUT2D eigenvalue weighted by Crippen LogP contribution is 2.24. The number of benzene rings is 1. The zero-order valence-corrected chi connectivity index (χ0v) is 16.4. The zero-order valence-electron chi connectivity index (χ0n) is 15.7. The zero-order chi connectivity index (χ0) is 18.7. The van der Waals surface area contributed by atoms with Crippen molar-refractivity contribution in [3.8, 4) is 0 Å². The van der Waals surface area contributed by atoms with Crippen LogP contribution in [-0.2, 0) is 13.0 Å². The molecule has 1 N–H and O–H groups in total. The lowest BCUT2D eigenvalue weighted by Gasteiger charge is -2.32. The molecule has 1 aromatic heterocycles. The highest BCUT2D eigenvalue weighted by Gasteiger charge is 2.18. The van der Waals surface area contributed by atoms with E-state index in [1.165, 1.54) is 5.56 Å². The maximum absolute atomic E-state index is 12.6. The van der Waals surface area contributed by atoms with E-state index in [0.29, 0.717) is 23.0 Å². The van der Waals surface area contributed by atoms with Gasteiger partial charge in [-0.1, -0.05) is 11.6 Å². The van der Waals surface area contributed by atoms with Crippen LogP contribution in [0.1, 0.15) is 39.7 Å². The number of nitrogens with one attached hydrogen (secondary N) is 1. The molecule has 0 unspecified atom stereocenters. The normalized spacial score (nSPS) is 18.1. The van der Waals surface area contributed by atoms with E-state index in [1.807, 2.05) is 31.2 Å². The number of piperazine rings is 1. The third kappa shape index (κ3) is 4.70. The highest BCUT2D eigenvalue weighted by atomic mass is 35.5. The average Bonchev–Trinajstić information content (AvgIpc) is 2.59. The van der Waals surface area contributed by atoms with Crippen LogP contribution < -0.4 is 5.32 Å². The van der Waals surface area contributed by atoms with E-state index in [0.717, 1.165) is 43.0 Å². The summed E-state index contributed by atoms with van der Waals surface area (Å²) < 4.78 is 0. The minimum atomic E-state index is 0.0737. The molecule has 5 heteroatoms. The Morgan fingerprint density at radius 3 is 2.77 bits per heavy atom. The summed E-state index contributed by atoms with van der Waals surface area (Å²) in [6, 6.07) is 8.16. The van der Waals surface area contributed by atoms with Gasteiger partial charge in [-0.3, -0.25) is 14.7 Å². The molecule has 1 aromatic carbocycles. The summed E-state index contributed by atoms with van der Waals surface area (Å²) >= 11 is 6.36. The Hall–Kier alpha value is -1.75. The van der Waals surface area contributed by atoms with Crippen LogP contribution in [0.25, 0.3) is 0 Å². The minimum Gasteiger partial charge on any atom is -0.312 e. The molecule has 1 atom stereocenters. The van der Waals surface area contributed by atoms with Crippen molar-refractivity contribution in [2.75, 3.05) is 19.6 Å². The molecule has 1 aliphatic heterocycles. The van der Waals surface area contributed by atoms with Gasteiger partial charge in [0.1, 0.15) is 0 Å². The SMILES string of the molecule is Cc1ccc(C(=O)Cc2cc(Cl)cc(CN3CCN[C@@H](C)C3)c2C)cn1. The summed E-state index contributed by atoms with van der Waals surface area (Å²) in [7, 11) is 0. The molecule has 0 saturated carbocycles. The first kappa shape index (κ1) is 19.0. The van der Waals surface area contributed by atoms with Gasteiger partial charge in [0.25, 0.3) is 0 Å². The molecule has 1 aliphatic rings. The predicted octanol–water partition coefficient (Wildman–Crippen LogP) is 3.57. The van der Waals surface area contributed by atoms with Crippen LogP contribution in [0.5, 0.6) is 0 Å². The number of ketones is 1. The van der Waals surface area contributed by atoms with Crippen molar-refractivity contribution in [2.45, 2.75) is 39.8 Å². The molecule has 2 heterocycles. The quantitative estimate of drug-likeness (QED) is 0.816. The van der Waals surface area contributed by atoms with Crippen LogP contribution in [0.4, 0.5) is 0 Å². The number of carbonyl (C=O) groups excluding carboxylic acids is 1. The lowest BCUT2D eigenvalue weighted by molar-refractivity contribution is 0.0992. The third-order valence-corrected chi connectivity index (χ3v) is 5.24. The van der Waals surface area contributed by atoms with Gasteiger partial charge in [-0.2, -0.15) is 0 Å². The Labute approximate surface area is 160 Å². The lowest BCUT2D eigenvalue weighted by atomic mass is 9.96. The van der Waals surface area contributed by atoms with Crippen LogP contribution in [0.2, 0.25) is 5.02 Å². The van der Waals surface area contributed by atoms with Gasteiger partial charge in [-0.15, -0.1) is 0 Å². The Bertz CT molecular complexity index is 789. The van der Waals surface area contributed by atoms with Crippen molar-refractivity contribution < 1.29 is 4.79 Å². The second-order valence-electron chi connectivity index (χ2n) is 7.23. The average molecular weight is 372 g/mol. The van der Waals surface area contributed by atoms with Crippen LogP contribution in [0.3, 0.4) is 0 Å². The van der Waals surface area contributed by atoms with Crippen LogP contribution in [0, 0.1) is 13.8 Å². The van der Waals surface area contributed by atoms with Crippen molar-refractivity contribution in [3.63, 3.8) is 0 Å². The topological polar surface area (TPSA) is 45.2 Å². The Morgan fingerprint density at radius 1 is 1.31 bits per heavy atom. The molecule has 26 heavy (non-hydrogen) atoms. The number of Topliss-reactive ketones (excluding diaryl/α,β-unsaturated/α-hetero) is 1. The summed E-state index contributed by atoms with van der Waals surface area (Å²) in [5, 5.41) is 4.16. The fraction of sp³-hybridized carbons (Fsp3) is 0.429. The molecule has 2 aromatic rings. The van der Waals surface area contributed by atoms with Crippen molar-refractivity contribution in [1.82, 2.24) is 15.2 Å². The summed E-state index contributed by atoms with van der Waals surface area (Å²) in [6.07, 6.45) is 2.00. The summed E-state index contributed by atoms with van der Waals surface area (Å²) in [5.74, 6) is 0.0737. The van der Waals surface area contributed by atoms with E-state index in [2.05, 4.69) is 29.0 Å². The molecule has 0 bridgehead atoms. The monoisotopic (exact) mass is 371 g/mol. The molecule has 3 rings (SSSR count). The van der Waals surface area contributed by atoms with Crippen LogP contribution in [0.15, 0.2) is 30.5 Å². The molecule has 0 aliphatic carbocycles. The van der Waals surface area contributed by atoms with E-state index in [9.17, 15) is 4.79 Å². The predicted molar refractivity (Wildman–Crippen MR) is 106 cm³/mol. The third-order valence-electron chi connectivity index (χ3n) is 5.02. The molecule has 138 valence electrons. The number of pyridine rings is 1. The van der Waals surface area contributed by atoms with Crippen molar-refractivity contribution >= 4 is 17.4 Å². The van der Waals surface area contributed by atoms with E-state index in [4.69, 9.17) is 11.6 Å². The molecule has 0 radical (unpaired) electrons. The molecule has 1 fully saturated rings. The minimum absolute atomic E-state index is 0.0737. The fourth-order valence-electron chi connectivity index (χ4n) is 3.45. The van der Waals surface area contributed by atoms with Gasteiger partial charge in [0.15, 0.2) is 5.78 Å². The number of carbonyl (C=O) groups is 1. The highest BCUT2D eigenvalue weighted by molar-refractivity contribution is 6.30. The van der Waals surface area contributed by atoms with Crippen molar-refractivity contribution in [2.24, 2.45) is 0 Å². The maximum atomic E-state index is 12.6. The first-order valence-electron chi connectivity index (χ1n) is 9.12. The molecule has 0 spiro atoms. The van der Waals surface area contributed by atoms with Crippen LogP contribution >= 0.6 is 11.6 Å². The lowest BCUT2D eigenvalue weighted by Crippen LogP contribution is -2.48. The number of nitrogens with zero attached hydrogens (tertiary/aromatic N) is 2. The van der Waals surface area contributed by atoms with Gasteiger partial charge in [-0.25, -0.2) is 0 Å². The van der Waals surface area contributed by atoms with E-state index >= 15 is 0 Å². The Morgan fingerprint density at radius 2 is 2.08 bits per heavy atom. The molecular formula is C21H26ClN3O. The smallest absolute Gasteiger partial charge is 0.168 e.